The lowest BCUT2D eigenvalue weighted by Crippen LogP contribution is -2.52. The predicted molar refractivity (Wildman–Crippen MR) is 79.2 cm³/mol. The minimum Gasteiger partial charge on any atom is -0.356 e. The van der Waals surface area contributed by atoms with Gasteiger partial charge in [0.1, 0.15) is 0 Å². The Kier molecular flexibility index (Phi) is 7.65. The first-order valence-corrected chi connectivity index (χ1v) is 7.07. The van der Waals surface area contributed by atoms with Crippen LogP contribution in [0.15, 0.2) is 12.2 Å². The zero-order valence-corrected chi connectivity index (χ0v) is 11.8. The third kappa shape index (κ3) is 7.46. The highest BCUT2D eigenvalue weighted by atomic mass is 15.5. The van der Waals surface area contributed by atoms with Gasteiger partial charge in [-0.3, -0.25) is 21.6 Å². The van der Waals surface area contributed by atoms with Gasteiger partial charge in [0.25, 0.3) is 0 Å². The van der Waals surface area contributed by atoms with E-state index in [1.807, 2.05) is 5.01 Å². The third-order valence-corrected chi connectivity index (χ3v) is 2.91. The van der Waals surface area contributed by atoms with Crippen molar-refractivity contribution in [1.82, 2.24) is 21.1 Å². The minimum absolute atomic E-state index is 0.140. The van der Waals surface area contributed by atoms with Gasteiger partial charge in [-0.25, -0.2) is 5.01 Å². The molecule has 1 aliphatic rings. The van der Waals surface area contributed by atoms with Crippen LogP contribution in [0.25, 0.3) is 0 Å². The van der Waals surface area contributed by atoms with Gasteiger partial charge in [0.05, 0.1) is 0 Å². The molecule has 5 N–H and O–H groups in total. The van der Waals surface area contributed by atoms with E-state index in [0.717, 1.165) is 32.5 Å². The van der Waals surface area contributed by atoms with E-state index in [-0.39, 0.29) is 11.9 Å². The molecule has 1 rings (SSSR count). The molecule has 0 fully saturated rings. The van der Waals surface area contributed by atoms with Crippen molar-refractivity contribution in [2.75, 3.05) is 19.6 Å². The molecule has 0 saturated heterocycles. The second-order valence-corrected chi connectivity index (χ2v) is 4.68. The first-order valence-electron chi connectivity index (χ1n) is 7.07. The van der Waals surface area contributed by atoms with Crippen LogP contribution in [0.2, 0.25) is 0 Å². The van der Waals surface area contributed by atoms with Crippen LogP contribution in [0, 0.1) is 10.8 Å². The molecule has 108 valence electrons. The summed E-state index contributed by atoms with van der Waals surface area (Å²) < 4.78 is 0. The molecule has 0 aromatic heterocycles. The van der Waals surface area contributed by atoms with Crippen molar-refractivity contribution in [2.24, 2.45) is 0 Å². The fraction of sp³-hybridized carbons (Fsp3) is 0.692. The molecule has 0 amide bonds. The van der Waals surface area contributed by atoms with Gasteiger partial charge in [-0.2, -0.15) is 0 Å². The van der Waals surface area contributed by atoms with Gasteiger partial charge in [0.15, 0.2) is 5.96 Å². The largest absolute Gasteiger partial charge is 0.356 e. The maximum Gasteiger partial charge on any atom is 0.210 e. The van der Waals surface area contributed by atoms with Crippen molar-refractivity contribution in [3.05, 3.63) is 12.2 Å². The molecule has 0 atom stereocenters. The second kappa shape index (κ2) is 9.38. The van der Waals surface area contributed by atoms with Crippen LogP contribution in [0.5, 0.6) is 0 Å². The first kappa shape index (κ1) is 15.5. The standard InChI is InChI=1S/C13H26N6/c1-2-3-4-6-9-16-12(14)17-13(15)18-19-10-7-5-8-11-19/h5,7H,2-4,6,8-11H2,1H3,(H5,14,15,16,17,18). The number of hydrazine groups is 1. The Hall–Kier alpha value is -1.56. The summed E-state index contributed by atoms with van der Waals surface area (Å²) in [4.78, 5) is 0. The summed E-state index contributed by atoms with van der Waals surface area (Å²) in [6.45, 7) is 4.64. The minimum atomic E-state index is 0.140. The van der Waals surface area contributed by atoms with Gasteiger partial charge in [-0.1, -0.05) is 38.3 Å². The van der Waals surface area contributed by atoms with Gasteiger partial charge >= 0.3 is 0 Å². The lowest BCUT2D eigenvalue weighted by Gasteiger charge is -2.25. The summed E-state index contributed by atoms with van der Waals surface area (Å²) in [7, 11) is 0. The predicted octanol–water partition coefficient (Wildman–Crippen LogP) is 1.38. The molecule has 0 aliphatic carbocycles. The average Bonchev–Trinajstić information content (AvgIpc) is 2.39. The number of rotatable bonds is 6. The molecule has 6 heteroatoms. The summed E-state index contributed by atoms with van der Waals surface area (Å²) in [6.07, 6.45) is 9.91. The number of guanidine groups is 2. The summed E-state index contributed by atoms with van der Waals surface area (Å²) in [5.74, 6) is 0.322. The van der Waals surface area contributed by atoms with E-state index in [1.54, 1.807) is 0 Å². The van der Waals surface area contributed by atoms with E-state index >= 15 is 0 Å². The molecule has 6 nitrogen and oxygen atoms in total. The topological polar surface area (TPSA) is 87.0 Å². The molecule has 0 unspecified atom stereocenters. The van der Waals surface area contributed by atoms with Gasteiger partial charge in [-0.05, 0) is 12.8 Å². The van der Waals surface area contributed by atoms with Crippen molar-refractivity contribution in [2.45, 2.75) is 39.0 Å². The fourth-order valence-corrected chi connectivity index (χ4v) is 1.86. The van der Waals surface area contributed by atoms with Crippen LogP contribution < -0.4 is 16.1 Å². The van der Waals surface area contributed by atoms with Gasteiger partial charge in [0.2, 0.25) is 5.96 Å². The van der Waals surface area contributed by atoms with E-state index in [4.69, 9.17) is 10.8 Å². The van der Waals surface area contributed by atoms with Crippen molar-refractivity contribution in [3.63, 3.8) is 0 Å². The zero-order valence-electron chi connectivity index (χ0n) is 11.8. The number of nitrogens with one attached hydrogen (secondary N) is 5. The van der Waals surface area contributed by atoms with E-state index in [0.29, 0.717) is 0 Å². The lowest BCUT2D eigenvalue weighted by atomic mass is 10.2. The normalized spacial score (nSPS) is 15.0. The molecule has 0 saturated carbocycles. The van der Waals surface area contributed by atoms with Gasteiger partial charge < -0.3 is 5.32 Å². The summed E-state index contributed by atoms with van der Waals surface area (Å²) in [5.41, 5.74) is 2.93. The number of hydrogen-bond acceptors (Lipinski definition) is 3. The molecule has 0 spiro atoms. The molecule has 0 aromatic rings. The molecule has 0 aromatic carbocycles. The number of unbranched alkanes of at least 4 members (excludes halogenated alkanes) is 3. The Balaban J connectivity index is 2.07. The molecule has 1 aliphatic heterocycles. The SMILES string of the molecule is CCCCCCNC(=N)NC(=N)NN1CC=CCC1. The Morgan fingerprint density at radius 3 is 2.68 bits per heavy atom. The van der Waals surface area contributed by atoms with Crippen LogP contribution in [-0.4, -0.2) is 36.6 Å². The smallest absolute Gasteiger partial charge is 0.210 e. The molecule has 1 heterocycles. The van der Waals surface area contributed by atoms with Crippen molar-refractivity contribution < 1.29 is 0 Å². The lowest BCUT2D eigenvalue weighted by molar-refractivity contribution is 0.255. The van der Waals surface area contributed by atoms with Gasteiger partial charge in [-0.15, -0.1) is 0 Å². The maximum absolute atomic E-state index is 7.73. The van der Waals surface area contributed by atoms with Crippen LogP contribution >= 0.6 is 0 Å². The Bertz CT molecular complexity index is 312. The van der Waals surface area contributed by atoms with Crippen molar-refractivity contribution in [1.29, 1.82) is 10.8 Å². The highest BCUT2D eigenvalue weighted by Crippen LogP contribution is 1.97. The summed E-state index contributed by atoms with van der Waals surface area (Å²) in [5, 5.41) is 23.0. The highest BCUT2D eigenvalue weighted by molar-refractivity contribution is 5.95. The van der Waals surface area contributed by atoms with Crippen LogP contribution in [0.4, 0.5) is 0 Å². The average molecular weight is 266 g/mol. The monoisotopic (exact) mass is 266 g/mol. The zero-order chi connectivity index (χ0) is 13.9. The summed E-state index contributed by atoms with van der Waals surface area (Å²) in [6, 6.07) is 0. The second-order valence-electron chi connectivity index (χ2n) is 4.68. The van der Waals surface area contributed by atoms with E-state index in [9.17, 15) is 0 Å². The van der Waals surface area contributed by atoms with E-state index in [1.165, 1.54) is 19.3 Å². The quantitative estimate of drug-likeness (QED) is 0.217. The first-order chi connectivity index (χ1) is 9.22. The van der Waals surface area contributed by atoms with Crippen LogP contribution in [0.3, 0.4) is 0 Å². The Morgan fingerprint density at radius 2 is 2.00 bits per heavy atom. The molecule has 0 radical (unpaired) electrons. The molecule has 0 bridgehead atoms. The number of nitrogens with zero attached hydrogens (tertiary/aromatic N) is 1. The summed E-state index contributed by atoms with van der Waals surface area (Å²) >= 11 is 0. The highest BCUT2D eigenvalue weighted by Gasteiger charge is 2.07. The number of hydrogen-bond donors (Lipinski definition) is 5. The Labute approximate surface area is 115 Å². The van der Waals surface area contributed by atoms with E-state index < -0.39 is 0 Å². The maximum atomic E-state index is 7.73. The van der Waals surface area contributed by atoms with E-state index in [2.05, 4.69) is 35.1 Å². The molecule has 19 heavy (non-hydrogen) atoms. The van der Waals surface area contributed by atoms with Crippen LogP contribution in [0.1, 0.15) is 39.0 Å². The van der Waals surface area contributed by atoms with Crippen LogP contribution in [-0.2, 0) is 0 Å². The molecular weight excluding hydrogens is 240 g/mol. The van der Waals surface area contributed by atoms with Gasteiger partial charge in [0, 0.05) is 19.6 Å². The van der Waals surface area contributed by atoms with Crippen molar-refractivity contribution in [3.8, 4) is 0 Å². The van der Waals surface area contributed by atoms with Crippen molar-refractivity contribution >= 4 is 11.9 Å². The molecular formula is C13H26N6. The fourth-order valence-electron chi connectivity index (χ4n) is 1.86. The Morgan fingerprint density at radius 1 is 1.16 bits per heavy atom. The third-order valence-electron chi connectivity index (χ3n) is 2.91.